The second-order valence-electron chi connectivity index (χ2n) is 10.2. The molecule has 0 saturated heterocycles. The summed E-state index contributed by atoms with van der Waals surface area (Å²) in [4.78, 5) is 23.8. The van der Waals surface area contributed by atoms with Crippen LogP contribution < -0.4 is 19.1 Å². The molecule has 2 aromatic rings. The summed E-state index contributed by atoms with van der Waals surface area (Å²) in [6.07, 6.45) is -9.46. The first-order valence-electron chi connectivity index (χ1n) is 12.3. The Labute approximate surface area is 234 Å². The van der Waals surface area contributed by atoms with Crippen LogP contribution in [0.5, 0.6) is 11.5 Å². The molecule has 41 heavy (non-hydrogen) atoms. The molecule has 0 aromatic heterocycles. The molecule has 0 saturated carbocycles. The number of sulfonamides is 1. The fourth-order valence-corrected chi connectivity index (χ4v) is 5.58. The first-order chi connectivity index (χ1) is 19.0. The first kappa shape index (κ1) is 31.8. The zero-order chi connectivity index (χ0) is 30.8. The van der Waals surface area contributed by atoms with Crippen molar-refractivity contribution in [1.29, 1.82) is 0 Å². The Bertz CT molecular complexity index is 1380. The Morgan fingerprint density at radius 2 is 1.80 bits per heavy atom. The number of amides is 1. The molecular formula is C26H30F4N2O8S. The third-order valence-electron chi connectivity index (χ3n) is 6.05. The van der Waals surface area contributed by atoms with Crippen LogP contribution in [0.3, 0.4) is 0 Å². The van der Waals surface area contributed by atoms with Gasteiger partial charge in [-0.05, 0) is 36.8 Å². The summed E-state index contributed by atoms with van der Waals surface area (Å²) in [5.74, 6) is -1.60. The number of hydrogen-bond acceptors (Lipinski definition) is 8. The normalized spacial score (nSPS) is 16.2. The predicted molar refractivity (Wildman–Crippen MR) is 139 cm³/mol. The van der Waals surface area contributed by atoms with Crippen molar-refractivity contribution in [3.8, 4) is 11.5 Å². The van der Waals surface area contributed by atoms with E-state index in [0.717, 1.165) is 22.5 Å². The number of hydrogen-bond donors (Lipinski definition) is 1. The van der Waals surface area contributed by atoms with Crippen LogP contribution in [0.2, 0.25) is 0 Å². The third-order valence-corrected chi connectivity index (χ3v) is 7.83. The second kappa shape index (κ2) is 12.0. The SMILES string of the molecule is COC(=O)CC[C@H]1CN(S(=O)(=O)c2ccc(F)c(OC)c2)c2cc(NC(=O)O[C@H](C(C)(C)C)C(F)(F)F)ccc2O1. The Hall–Kier alpha value is -3.75. The lowest BCUT2D eigenvalue weighted by atomic mass is 9.88. The number of nitrogens with one attached hydrogen (secondary N) is 1. The maximum Gasteiger partial charge on any atom is 0.426 e. The van der Waals surface area contributed by atoms with Crippen molar-refractivity contribution in [2.75, 3.05) is 30.4 Å². The van der Waals surface area contributed by atoms with Crippen molar-refractivity contribution in [2.24, 2.45) is 5.41 Å². The molecule has 2 aromatic carbocycles. The Balaban J connectivity index is 1.98. The van der Waals surface area contributed by atoms with Crippen LogP contribution in [0.4, 0.5) is 33.7 Å². The molecule has 1 amide bonds. The van der Waals surface area contributed by atoms with Gasteiger partial charge in [-0.2, -0.15) is 13.2 Å². The number of alkyl halides is 3. The van der Waals surface area contributed by atoms with Gasteiger partial charge in [-0.3, -0.25) is 14.4 Å². The summed E-state index contributed by atoms with van der Waals surface area (Å²) < 4.78 is 103. The van der Waals surface area contributed by atoms with Gasteiger partial charge < -0.3 is 18.9 Å². The number of esters is 1. The van der Waals surface area contributed by atoms with E-state index in [9.17, 15) is 35.6 Å². The van der Waals surface area contributed by atoms with Crippen LogP contribution in [0, 0.1) is 11.2 Å². The van der Waals surface area contributed by atoms with Crippen LogP contribution in [0.25, 0.3) is 0 Å². The lowest BCUT2D eigenvalue weighted by Gasteiger charge is -2.36. The van der Waals surface area contributed by atoms with E-state index in [2.05, 4.69) is 14.8 Å². The summed E-state index contributed by atoms with van der Waals surface area (Å²) in [5, 5.41) is 2.19. The van der Waals surface area contributed by atoms with Gasteiger partial charge in [0.25, 0.3) is 10.0 Å². The zero-order valence-corrected chi connectivity index (χ0v) is 23.7. The lowest BCUT2D eigenvalue weighted by molar-refractivity contribution is -0.229. The maximum atomic E-state index is 14.0. The quantitative estimate of drug-likeness (QED) is 0.319. The van der Waals surface area contributed by atoms with Gasteiger partial charge in [0.05, 0.1) is 31.3 Å². The zero-order valence-electron chi connectivity index (χ0n) is 22.9. The van der Waals surface area contributed by atoms with Crippen molar-refractivity contribution in [2.45, 2.75) is 56.9 Å². The number of carbonyl (C=O) groups is 2. The van der Waals surface area contributed by atoms with Crippen molar-refractivity contribution >= 4 is 33.5 Å². The van der Waals surface area contributed by atoms with Crippen LogP contribution in [-0.4, -0.2) is 59.6 Å². The molecule has 1 aliphatic heterocycles. The summed E-state index contributed by atoms with van der Waals surface area (Å²) in [5.41, 5.74) is -1.61. The highest BCUT2D eigenvalue weighted by Crippen LogP contribution is 2.41. The average molecular weight is 607 g/mol. The van der Waals surface area contributed by atoms with Crippen molar-refractivity contribution in [3.63, 3.8) is 0 Å². The molecule has 15 heteroatoms. The Morgan fingerprint density at radius 1 is 1.12 bits per heavy atom. The average Bonchev–Trinajstić information content (AvgIpc) is 2.88. The van der Waals surface area contributed by atoms with Crippen molar-refractivity contribution in [3.05, 3.63) is 42.2 Å². The Morgan fingerprint density at radius 3 is 2.39 bits per heavy atom. The number of carbonyl (C=O) groups excluding carboxylic acids is 2. The first-order valence-corrected chi connectivity index (χ1v) is 13.7. The molecule has 1 aliphatic rings. The number of anilines is 2. The molecular weight excluding hydrogens is 576 g/mol. The topological polar surface area (TPSA) is 120 Å². The predicted octanol–water partition coefficient (Wildman–Crippen LogP) is 5.27. The second-order valence-corrected chi connectivity index (χ2v) is 12.0. The largest absolute Gasteiger partial charge is 0.494 e. The molecule has 0 spiro atoms. The number of methoxy groups -OCH3 is 2. The van der Waals surface area contributed by atoms with E-state index in [1.165, 1.54) is 53.2 Å². The molecule has 0 fully saturated rings. The van der Waals surface area contributed by atoms with E-state index in [-0.39, 0.29) is 47.2 Å². The van der Waals surface area contributed by atoms with E-state index < -0.39 is 51.7 Å². The fraction of sp³-hybridized carbons (Fsp3) is 0.462. The summed E-state index contributed by atoms with van der Waals surface area (Å²) in [6, 6.07) is 6.73. The third kappa shape index (κ3) is 7.51. The standard InChI is InChI=1S/C26H30F4N2O8S/c1-25(2,3)23(26(28,29)30)40-24(34)31-15-6-10-20-19(12-15)32(14-16(39-20)7-11-22(33)38-5)41(35,36)17-8-9-18(27)21(13-17)37-4/h6,8-10,12-13,16,23H,7,11,14H2,1-5H3,(H,31,34)/t16-,23+/m0/s1. The number of nitrogens with zero attached hydrogens (tertiary/aromatic N) is 1. The number of fused-ring (bicyclic) bond motifs is 1. The van der Waals surface area contributed by atoms with E-state index in [1.807, 2.05) is 0 Å². The molecule has 1 N–H and O–H groups in total. The van der Waals surface area contributed by atoms with Gasteiger partial charge in [0, 0.05) is 23.6 Å². The molecule has 3 rings (SSSR count). The van der Waals surface area contributed by atoms with Gasteiger partial charge in [-0.1, -0.05) is 20.8 Å². The van der Waals surface area contributed by atoms with Gasteiger partial charge >= 0.3 is 18.2 Å². The molecule has 0 radical (unpaired) electrons. The number of ether oxygens (including phenoxy) is 4. The number of halogens is 4. The van der Waals surface area contributed by atoms with E-state index in [4.69, 9.17) is 9.47 Å². The summed E-state index contributed by atoms with van der Waals surface area (Å²) >= 11 is 0. The molecule has 0 bridgehead atoms. The molecule has 2 atom stereocenters. The lowest BCUT2D eigenvalue weighted by Crippen LogP contribution is -2.44. The molecule has 0 aliphatic carbocycles. The maximum absolute atomic E-state index is 14.0. The summed E-state index contributed by atoms with van der Waals surface area (Å²) in [7, 11) is -2.03. The smallest absolute Gasteiger partial charge is 0.426 e. The molecule has 1 heterocycles. The molecule has 226 valence electrons. The van der Waals surface area contributed by atoms with Crippen LogP contribution in [-0.2, 0) is 24.3 Å². The highest BCUT2D eigenvalue weighted by molar-refractivity contribution is 7.92. The monoisotopic (exact) mass is 606 g/mol. The minimum atomic E-state index is -4.83. The van der Waals surface area contributed by atoms with Crippen LogP contribution in [0.1, 0.15) is 33.6 Å². The minimum absolute atomic E-state index is 0.0468. The van der Waals surface area contributed by atoms with Crippen LogP contribution >= 0.6 is 0 Å². The van der Waals surface area contributed by atoms with Gasteiger partial charge in [0.1, 0.15) is 11.9 Å². The highest BCUT2D eigenvalue weighted by Gasteiger charge is 2.50. The fourth-order valence-electron chi connectivity index (χ4n) is 4.07. The molecule has 10 nitrogen and oxygen atoms in total. The van der Waals surface area contributed by atoms with Crippen LogP contribution in [0.15, 0.2) is 41.3 Å². The van der Waals surface area contributed by atoms with E-state index >= 15 is 0 Å². The highest BCUT2D eigenvalue weighted by atomic mass is 32.2. The van der Waals surface area contributed by atoms with Gasteiger partial charge in [-0.25, -0.2) is 17.6 Å². The molecule has 0 unspecified atom stereocenters. The van der Waals surface area contributed by atoms with Crippen molar-refractivity contribution < 1.29 is 54.5 Å². The Kier molecular flexibility index (Phi) is 9.30. The summed E-state index contributed by atoms with van der Waals surface area (Å²) in [6.45, 7) is 3.50. The van der Waals surface area contributed by atoms with E-state index in [1.54, 1.807) is 0 Å². The number of rotatable bonds is 8. The van der Waals surface area contributed by atoms with Crippen molar-refractivity contribution in [1.82, 2.24) is 0 Å². The minimum Gasteiger partial charge on any atom is -0.494 e. The van der Waals surface area contributed by atoms with E-state index in [0.29, 0.717) is 0 Å². The van der Waals surface area contributed by atoms with Gasteiger partial charge in [0.15, 0.2) is 11.6 Å². The number of benzene rings is 2. The van der Waals surface area contributed by atoms with Gasteiger partial charge in [0.2, 0.25) is 6.10 Å². The van der Waals surface area contributed by atoms with Gasteiger partial charge in [-0.15, -0.1) is 0 Å².